The minimum atomic E-state index is -0.0760. The molecule has 2 aromatic rings. The molecule has 0 aromatic carbocycles. The molecule has 6 rings (SSSR count). The van der Waals surface area contributed by atoms with Crippen LogP contribution in [0.4, 0.5) is 17.5 Å². The van der Waals surface area contributed by atoms with Gasteiger partial charge in [0.15, 0.2) is 0 Å². The zero-order valence-electron chi connectivity index (χ0n) is 19.0. The molecule has 9 heteroatoms. The van der Waals surface area contributed by atoms with Crippen LogP contribution < -0.4 is 10.2 Å². The van der Waals surface area contributed by atoms with E-state index >= 15 is 0 Å². The van der Waals surface area contributed by atoms with E-state index in [2.05, 4.69) is 43.1 Å². The predicted octanol–water partition coefficient (Wildman–Crippen LogP) is 2.25. The van der Waals surface area contributed by atoms with E-state index in [-0.39, 0.29) is 5.54 Å². The first-order valence-electron chi connectivity index (χ1n) is 11.7. The third kappa shape index (κ3) is 3.33. The second kappa shape index (κ2) is 7.15. The number of nitrogens with one attached hydrogen (secondary N) is 1. The average Bonchev–Trinajstić information content (AvgIpc) is 3.20. The van der Waals surface area contributed by atoms with E-state index in [9.17, 15) is 5.26 Å². The lowest BCUT2D eigenvalue weighted by atomic mass is 9.83. The molecule has 1 saturated carbocycles. The van der Waals surface area contributed by atoms with Crippen molar-refractivity contribution in [1.82, 2.24) is 29.5 Å². The summed E-state index contributed by atoms with van der Waals surface area (Å²) < 4.78 is 1.75. The van der Waals surface area contributed by atoms with Gasteiger partial charge in [-0.25, -0.2) is 4.98 Å². The summed E-state index contributed by atoms with van der Waals surface area (Å²) in [5, 5.41) is 17.1. The average molecular weight is 434 g/mol. The molecular formula is C23H31N9. The smallest absolute Gasteiger partial charge is 0.229 e. The summed E-state index contributed by atoms with van der Waals surface area (Å²) in [5.41, 5.74) is 2.49. The fourth-order valence-electron chi connectivity index (χ4n) is 6.04. The number of nitrogens with zero attached hydrogens (tertiary/aromatic N) is 8. The monoisotopic (exact) mass is 433 g/mol. The summed E-state index contributed by atoms with van der Waals surface area (Å²) >= 11 is 0. The molecule has 1 spiro atoms. The molecule has 1 N–H and O–H groups in total. The van der Waals surface area contributed by atoms with E-state index in [0.29, 0.717) is 17.8 Å². The second-order valence-electron chi connectivity index (χ2n) is 10.4. The molecule has 9 nitrogen and oxygen atoms in total. The van der Waals surface area contributed by atoms with Gasteiger partial charge in [0.25, 0.3) is 0 Å². The molecule has 4 aliphatic rings. The predicted molar refractivity (Wildman–Crippen MR) is 121 cm³/mol. The summed E-state index contributed by atoms with van der Waals surface area (Å²) in [7, 11) is 1.89. The van der Waals surface area contributed by atoms with Crippen LogP contribution in [0.5, 0.6) is 0 Å². The van der Waals surface area contributed by atoms with Gasteiger partial charge in [-0.2, -0.15) is 15.3 Å². The van der Waals surface area contributed by atoms with Gasteiger partial charge in [0, 0.05) is 57.2 Å². The maximum Gasteiger partial charge on any atom is 0.229 e. The Balaban J connectivity index is 1.17. The Morgan fingerprint density at radius 1 is 1.25 bits per heavy atom. The Hall–Kier alpha value is -2.70. The third-order valence-electron chi connectivity index (χ3n) is 8.02. The lowest BCUT2D eigenvalue weighted by molar-refractivity contribution is -0.0295. The van der Waals surface area contributed by atoms with E-state index in [1.165, 1.54) is 32.2 Å². The number of rotatable bonds is 5. The van der Waals surface area contributed by atoms with E-state index in [4.69, 9.17) is 4.98 Å². The van der Waals surface area contributed by atoms with Crippen LogP contribution >= 0.6 is 0 Å². The van der Waals surface area contributed by atoms with Crippen LogP contribution in [0.2, 0.25) is 0 Å². The lowest BCUT2D eigenvalue weighted by Crippen LogP contribution is -2.73. The SMILES string of the molecule is Cc1cnc(Nc2cnn(C)c2)nc1N1CC(CC#N)(N2CC[C@@H]3CC4(CC4)CN3C2)C1. The molecular weight excluding hydrogens is 402 g/mol. The second-order valence-corrected chi connectivity index (χ2v) is 10.4. The fourth-order valence-corrected chi connectivity index (χ4v) is 6.04. The van der Waals surface area contributed by atoms with Gasteiger partial charge in [-0.05, 0) is 38.0 Å². The molecule has 0 bridgehead atoms. The van der Waals surface area contributed by atoms with Crippen molar-refractivity contribution in [2.24, 2.45) is 12.5 Å². The van der Waals surface area contributed by atoms with Crippen LogP contribution in [-0.4, -0.2) is 74.0 Å². The Morgan fingerprint density at radius 3 is 2.81 bits per heavy atom. The highest BCUT2D eigenvalue weighted by Crippen LogP contribution is 2.56. The minimum Gasteiger partial charge on any atom is -0.352 e. The maximum atomic E-state index is 9.65. The van der Waals surface area contributed by atoms with Crippen molar-refractivity contribution in [1.29, 1.82) is 5.26 Å². The van der Waals surface area contributed by atoms with E-state index < -0.39 is 0 Å². The van der Waals surface area contributed by atoms with Gasteiger partial charge in [0.2, 0.25) is 5.95 Å². The van der Waals surface area contributed by atoms with Gasteiger partial charge < -0.3 is 10.2 Å². The highest BCUT2D eigenvalue weighted by Gasteiger charge is 2.56. The van der Waals surface area contributed by atoms with E-state index in [1.54, 1.807) is 10.9 Å². The standard InChI is InChI=1S/C23H31N9/c1-17-10-25-21(27-18-11-26-29(2)12-18)28-20(17)30-14-23(15-30,6-7-24)32-8-3-19-9-22(4-5-22)13-31(19)16-32/h10-12,19H,3-6,8-9,13-16H2,1-2H3,(H,25,27,28)/t19-/m1/s1. The van der Waals surface area contributed by atoms with Crippen LogP contribution in [-0.2, 0) is 7.05 Å². The zero-order chi connectivity index (χ0) is 21.9. The normalized spacial score (nSPS) is 25.9. The molecule has 3 aliphatic heterocycles. The number of aryl methyl sites for hydroxylation is 2. The number of anilines is 3. The molecule has 2 aromatic heterocycles. The molecule has 1 atom stereocenters. The number of fused-ring (bicyclic) bond motifs is 1. The van der Waals surface area contributed by atoms with Crippen LogP contribution in [0.15, 0.2) is 18.6 Å². The molecule has 4 fully saturated rings. The quantitative estimate of drug-likeness (QED) is 0.768. The van der Waals surface area contributed by atoms with Gasteiger partial charge in [0.1, 0.15) is 5.82 Å². The maximum absolute atomic E-state index is 9.65. The molecule has 5 heterocycles. The largest absolute Gasteiger partial charge is 0.352 e. The molecule has 1 aliphatic carbocycles. The number of hydrogen-bond acceptors (Lipinski definition) is 8. The zero-order valence-corrected chi connectivity index (χ0v) is 19.0. The van der Waals surface area contributed by atoms with Crippen LogP contribution in [0.1, 0.15) is 37.7 Å². The topological polar surface area (TPSA) is 89.1 Å². The highest BCUT2D eigenvalue weighted by atomic mass is 15.5. The van der Waals surface area contributed by atoms with Gasteiger partial charge >= 0.3 is 0 Å². The Kier molecular flexibility index (Phi) is 4.46. The van der Waals surface area contributed by atoms with Crippen molar-refractivity contribution in [3.05, 3.63) is 24.2 Å². The van der Waals surface area contributed by atoms with Gasteiger partial charge in [-0.15, -0.1) is 0 Å². The summed E-state index contributed by atoms with van der Waals surface area (Å²) in [6.45, 7) is 7.11. The van der Waals surface area contributed by atoms with Gasteiger partial charge in [0.05, 0.1) is 36.6 Å². The number of nitriles is 1. The van der Waals surface area contributed by atoms with Gasteiger partial charge in [-0.1, -0.05) is 0 Å². The Bertz CT molecular complexity index is 1060. The molecule has 168 valence electrons. The minimum absolute atomic E-state index is 0.0760. The molecule has 0 amide bonds. The van der Waals surface area contributed by atoms with Crippen molar-refractivity contribution in [3.63, 3.8) is 0 Å². The van der Waals surface area contributed by atoms with Crippen LogP contribution in [0, 0.1) is 23.7 Å². The first-order valence-corrected chi connectivity index (χ1v) is 11.7. The Morgan fingerprint density at radius 2 is 2.09 bits per heavy atom. The number of aromatic nitrogens is 4. The van der Waals surface area contributed by atoms with Crippen molar-refractivity contribution in [3.8, 4) is 6.07 Å². The van der Waals surface area contributed by atoms with Crippen molar-refractivity contribution in [2.45, 2.75) is 50.6 Å². The van der Waals surface area contributed by atoms with Crippen molar-refractivity contribution < 1.29 is 0 Å². The van der Waals surface area contributed by atoms with E-state index in [1.807, 2.05) is 19.4 Å². The fraction of sp³-hybridized carbons (Fsp3) is 0.652. The summed E-state index contributed by atoms with van der Waals surface area (Å²) in [6.07, 6.45) is 11.6. The molecule has 32 heavy (non-hydrogen) atoms. The summed E-state index contributed by atoms with van der Waals surface area (Å²) in [6, 6.07) is 3.25. The molecule has 0 radical (unpaired) electrons. The van der Waals surface area contributed by atoms with E-state index in [0.717, 1.165) is 49.4 Å². The summed E-state index contributed by atoms with van der Waals surface area (Å²) in [4.78, 5) is 16.9. The molecule has 0 unspecified atom stereocenters. The first kappa shape index (κ1) is 19.9. The summed E-state index contributed by atoms with van der Waals surface area (Å²) in [5.74, 6) is 1.52. The lowest BCUT2D eigenvalue weighted by Gasteiger charge is -2.58. The molecule has 3 saturated heterocycles. The first-order chi connectivity index (χ1) is 15.5. The van der Waals surface area contributed by atoms with Crippen molar-refractivity contribution >= 4 is 17.5 Å². The number of hydrogen-bond donors (Lipinski definition) is 1. The Labute approximate surface area is 189 Å². The third-order valence-corrected chi connectivity index (χ3v) is 8.02. The van der Waals surface area contributed by atoms with Crippen molar-refractivity contribution in [2.75, 3.05) is 43.1 Å². The highest BCUT2D eigenvalue weighted by molar-refractivity contribution is 5.57. The van der Waals surface area contributed by atoms with Gasteiger partial charge in [-0.3, -0.25) is 14.5 Å². The van der Waals surface area contributed by atoms with Crippen LogP contribution in [0.25, 0.3) is 0 Å². The van der Waals surface area contributed by atoms with Crippen LogP contribution in [0.3, 0.4) is 0 Å².